The molecular formula is C18H19N3O2S. The molecule has 0 saturated carbocycles. The maximum Gasteiger partial charge on any atom is 0.296 e. The third-order valence-electron chi connectivity index (χ3n) is 3.79. The molecule has 24 heavy (non-hydrogen) atoms. The monoisotopic (exact) mass is 341 g/mol. The van der Waals surface area contributed by atoms with E-state index in [1.165, 1.54) is 4.88 Å². The highest BCUT2D eigenvalue weighted by atomic mass is 32.1. The molecule has 0 spiro atoms. The number of amides is 1. The Balaban J connectivity index is 1.55. The number of aryl methyl sites for hydroxylation is 1. The standard InChI is InChI=1S/C18H19N3O2S/c1-13-11-19-18(24-13)21-9-8-15(12-21)20-17(22)7-6-14-4-3-5-16(10-14)23-2/h3-5,10-11,15H,8-9,12H2,1-2H3,(H,20,22). The van der Waals surface area contributed by atoms with E-state index >= 15 is 0 Å². The van der Waals surface area contributed by atoms with Crippen molar-refractivity contribution < 1.29 is 9.53 Å². The number of carbonyl (C=O) groups excluding carboxylic acids is 1. The second kappa shape index (κ2) is 7.37. The predicted octanol–water partition coefficient (Wildman–Crippen LogP) is 2.21. The van der Waals surface area contributed by atoms with Crippen molar-refractivity contribution in [1.29, 1.82) is 0 Å². The normalized spacial score (nSPS) is 16.4. The van der Waals surface area contributed by atoms with Crippen LogP contribution in [0.3, 0.4) is 0 Å². The Kier molecular flexibility index (Phi) is 5.02. The van der Waals surface area contributed by atoms with Gasteiger partial charge >= 0.3 is 0 Å². The molecule has 1 aromatic carbocycles. The lowest BCUT2D eigenvalue weighted by atomic mass is 10.2. The van der Waals surface area contributed by atoms with E-state index in [0.29, 0.717) is 0 Å². The molecule has 1 aliphatic rings. The first-order valence-electron chi connectivity index (χ1n) is 7.78. The molecule has 2 aromatic rings. The number of thiazole rings is 1. The molecule has 0 aliphatic carbocycles. The van der Waals surface area contributed by atoms with Crippen LogP contribution in [0, 0.1) is 18.8 Å². The van der Waals surface area contributed by atoms with Gasteiger partial charge in [0, 0.05) is 41.7 Å². The molecule has 6 heteroatoms. The summed E-state index contributed by atoms with van der Waals surface area (Å²) in [5.41, 5.74) is 0.760. The molecule has 1 fully saturated rings. The first-order chi connectivity index (χ1) is 11.6. The van der Waals surface area contributed by atoms with Gasteiger partial charge in [0.15, 0.2) is 5.13 Å². The Bertz CT molecular complexity index is 791. The average Bonchev–Trinajstić information content (AvgIpc) is 3.22. The summed E-state index contributed by atoms with van der Waals surface area (Å²) >= 11 is 1.68. The number of methoxy groups -OCH3 is 1. The summed E-state index contributed by atoms with van der Waals surface area (Å²) in [7, 11) is 1.61. The minimum absolute atomic E-state index is 0.112. The van der Waals surface area contributed by atoms with Gasteiger partial charge in [0.25, 0.3) is 5.91 Å². The Morgan fingerprint density at radius 1 is 1.50 bits per heavy atom. The molecule has 1 aromatic heterocycles. The fraction of sp³-hybridized carbons (Fsp3) is 0.333. The van der Waals surface area contributed by atoms with Gasteiger partial charge in [-0.2, -0.15) is 0 Å². The summed E-state index contributed by atoms with van der Waals surface area (Å²) in [6.07, 6.45) is 2.79. The van der Waals surface area contributed by atoms with Gasteiger partial charge in [0.05, 0.1) is 7.11 Å². The molecule has 1 aliphatic heterocycles. The van der Waals surface area contributed by atoms with Gasteiger partial charge in [-0.3, -0.25) is 4.79 Å². The van der Waals surface area contributed by atoms with E-state index in [2.05, 4.69) is 27.0 Å². The van der Waals surface area contributed by atoms with E-state index in [0.717, 1.165) is 36.0 Å². The maximum absolute atomic E-state index is 12.0. The van der Waals surface area contributed by atoms with Crippen molar-refractivity contribution in [3.63, 3.8) is 0 Å². The quantitative estimate of drug-likeness (QED) is 0.870. The van der Waals surface area contributed by atoms with Crippen LogP contribution in [0.25, 0.3) is 0 Å². The highest BCUT2D eigenvalue weighted by molar-refractivity contribution is 7.15. The van der Waals surface area contributed by atoms with Crippen molar-refractivity contribution in [2.45, 2.75) is 19.4 Å². The van der Waals surface area contributed by atoms with E-state index in [1.54, 1.807) is 18.4 Å². The van der Waals surface area contributed by atoms with Crippen molar-refractivity contribution in [3.8, 4) is 17.6 Å². The zero-order valence-electron chi connectivity index (χ0n) is 13.7. The summed E-state index contributed by atoms with van der Waals surface area (Å²) < 4.78 is 5.15. The lowest BCUT2D eigenvalue weighted by Crippen LogP contribution is -2.36. The summed E-state index contributed by atoms with van der Waals surface area (Å²) in [4.78, 5) is 19.8. The van der Waals surface area contributed by atoms with Gasteiger partial charge in [-0.1, -0.05) is 12.0 Å². The molecular weight excluding hydrogens is 322 g/mol. The number of nitrogens with zero attached hydrogens (tertiary/aromatic N) is 2. The molecule has 1 N–H and O–H groups in total. The summed E-state index contributed by atoms with van der Waals surface area (Å²) in [5, 5.41) is 4.00. The van der Waals surface area contributed by atoms with Crippen LogP contribution in [-0.2, 0) is 4.79 Å². The Hall–Kier alpha value is -2.52. The molecule has 1 amide bonds. The number of carbonyl (C=O) groups is 1. The van der Waals surface area contributed by atoms with Crippen LogP contribution >= 0.6 is 11.3 Å². The number of benzene rings is 1. The number of hydrogen-bond donors (Lipinski definition) is 1. The minimum atomic E-state index is -0.250. The topological polar surface area (TPSA) is 54.5 Å². The number of ether oxygens (including phenoxy) is 1. The van der Waals surface area contributed by atoms with E-state index in [9.17, 15) is 4.79 Å². The Labute approximate surface area is 145 Å². The van der Waals surface area contributed by atoms with Crippen LogP contribution in [0.2, 0.25) is 0 Å². The van der Waals surface area contributed by atoms with E-state index in [-0.39, 0.29) is 11.9 Å². The van der Waals surface area contributed by atoms with E-state index < -0.39 is 0 Å². The maximum atomic E-state index is 12.0. The summed E-state index contributed by atoms with van der Waals surface area (Å²) in [6, 6.07) is 7.47. The number of anilines is 1. The van der Waals surface area contributed by atoms with E-state index in [4.69, 9.17) is 4.74 Å². The molecule has 0 radical (unpaired) electrons. The van der Waals surface area contributed by atoms with Crippen molar-refractivity contribution in [3.05, 3.63) is 40.9 Å². The third kappa shape index (κ3) is 4.06. The molecule has 124 valence electrons. The van der Waals surface area contributed by atoms with Crippen LogP contribution < -0.4 is 15.0 Å². The van der Waals surface area contributed by atoms with Crippen LogP contribution in [-0.4, -0.2) is 37.1 Å². The minimum Gasteiger partial charge on any atom is -0.497 e. The SMILES string of the molecule is COc1cccc(C#CC(=O)NC2CCN(c3ncc(C)s3)C2)c1. The lowest BCUT2D eigenvalue weighted by Gasteiger charge is -2.14. The molecule has 0 bridgehead atoms. The van der Waals surface area contributed by atoms with Gasteiger partial charge in [-0.05, 0) is 31.5 Å². The Morgan fingerprint density at radius 3 is 3.12 bits per heavy atom. The highest BCUT2D eigenvalue weighted by Crippen LogP contribution is 2.25. The van der Waals surface area contributed by atoms with Gasteiger partial charge in [0.1, 0.15) is 5.75 Å². The zero-order valence-corrected chi connectivity index (χ0v) is 14.5. The smallest absolute Gasteiger partial charge is 0.296 e. The highest BCUT2D eigenvalue weighted by Gasteiger charge is 2.25. The van der Waals surface area contributed by atoms with Crippen LogP contribution in [0.4, 0.5) is 5.13 Å². The first kappa shape index (κ1) is 16.3. The van der Waals surface area contributed by atoms with Crippen molar-refractivity contribution in [2.75, 3.05) is 25.1 Å². The number of aromatic nitrogens is 1. The largest absolute Gasteiger partial charge is 0.497 e. The number of nitrogens with one attached hydrogen (secondary N) is 1. The first-order valence-corrected chi connectivity index (χ1v) is 8.59. The number of hydrogen-bond acceptors (Lipinski definition) is 5. The molecule has 5 nitrogen and oxygen atoms in total. The molecule has 3 rings (SSSR count). The predicted molar refractivity (Wildman–Crippen MR) is 95.5 cm³/mol. The average molecular weight is 341 g/mol. The Morgan fingerprint density at radius 2 is 2.38 bits per heavy atom. The lowest BCUT2D eigenvalue weighted by molar-refractivity contribution is -0.116. The third-order valence-corrected chi connectivity index (χ3v) is 4.77. The fourth-order valence-electron chi connectivity index (χ4n) is 2.59. The summed E-state index contributed by atoms with van der Waals surface area (Å²) in [5.74, 6) is 6.00. The number of rotatable bonds is 3. The van der Waals surface area contributed by atoms with Crippen molar-refractivity contribution >= 4 is 22.4 Å². The van der Waals surface area contributed by atoms with Gasteiger partial charge < -0.3 is 15.0 Å². The van der Waals surface area contributed by atoms with E-state index in [1.807, 2.05) is 37.4 Å². The molecule has 1 atom stereocenters. The fourth-order valence-corrected chi connectivity index (χ4v) is 3.39. The summed E-state index contributed by atoms with van der Waals surface area (Å²) in [6.45, 7) is 3.73. The second-order valence-electron chi connectivity index (χ2n) is 5.64. The van der Waals surface area contributed by atoms with Gasteiger partial charge in [-0.15, -0.1) is 11.3 Å². The van der Waals surface area contributed by atoms with Crippen molar-refractivity contribution in [2.24, 2.45) is 0 Å². The van der Waals surface area contributed by atoms with Gasteiger partial charge in [-0.25, -0.2) is 4.98 Å². The van der Waals surface area contributed by atoms with Crippen LogP contribution in [0.1, 0.15) is 16.9 Å². The second-order valence-corrected chi connectivity index (χ2v) is 6.85. The van der Waals surface area contributed by atoms with Crippen LogP contribution in [0.15, 0.2) is 30.5 Å². The zero-order chi connectivity index (χ0) is 16.9. The van der Waals surface area contributed by atoms with Gasteiger partial charge in [0.2, 0.25) is 0 Å². The molecule has 1 saturated heterocycles. The molecule has 1 unspecified atom stereocenters. The van der Waals surface area contributed by atoms with Crippen molar-refractivity contribution in [1.82, 2.24) is 10.3 Å². The van der Waals surface area contributed by atoms with Crippen LogP contribution in [0.5, 0.6) is 5.75 Å². The molecule has 2 heterocycles.